The number of nitrogens with one attached hydrogen (secondary N) is 5. The third-order valence-electron chi connectivity index (χ3n) is 12.1. The summed E-state index contributed by atoms with van der Waals surface area (Å²) in [6.45, 7) is 12.7. The van der Waals surface area contributed by atoms with E-state index in [1.807, 2.05) is 45.9 Å². The smallest absolute Gasteiger partial charge is 0.337 e. The lowest BCUT2D eigenvalue weighted by atomic mass is 9.97. The number of aromatic amines is 2. The summed E-state index contributed by atoms with van der Waals surface area (Å²) in [5.41, 5.74) is 8.06. The lowest BCUT2D eigenvalue weighted by molar-refractivity contribution is 0.0606. The first-order valence-corrected chi connectivity index (χ1v) is 26.0. The number of carboxylic acids is 1. The lowest BCUT2D eigenvalue weighted by Gasteiger charge is -2.35. The number of hydrogen-bond donors (Lipinski definition) is 6. The van der Waals surface area contributed by atoms with Crippen LogP contribution in [0.5, 0.6) is 0 Å². The minimum Gasteiger partial charge on any atom is -0.478 e. The number of aryl methyl sites for hydroxylation is 4. The van der Waals surface area contributed by atoms with Crippen LogP contribution in [0.2, 0.25) is 0 Å². The SMILES string of the molecule is CCc1ccc(NS(C)(=O)=O)c(C(=O)N2CCCC[C@H]2c2cc3nc(C)c(C)c(=O)n3[nH]2)c1.CCc1ccc(NS(C)(=O)=O)c(C(=O)O)c1.Cc1nc2cc([C@@H]3CCCCN3)[nH]n2c(=O)c1C. The maximum absolute atomic E-state index is 13.7. The van der Waals surface area contributed by atoms with E-state index < -0.39 is 26.0 Å². The van der Waals surface area contributed by atoms with Crippen molar-refractivity contribution in [1.82, 2.24) is 39.4 Å². The lowest BCUT2D eigenvalue weighted by Crippen LogP contribution is -2.39. The van der Waals surface area contributed by atoms with E-state index in [1.54, 1.807) is 41.5 Å². The number of hydrogen-bond acceptors (Lipinski definition) is 11. The molecule has 21 heteroatoms. The molecule has 360 valence electrons. The number of carboxylic acid groups (broad SMARTS) is 1. The Morgan fingerprint density at radius 1 is 0.701 bits per heavy atom. The molecular weight excluding hydrogens is 901 g/mol. The molecule has 2 saturated heterocycles. The van der Waals surface area contributed by atoms with Crippen LogP contribution in [0.1, 0.15) is 130 Å². The summed E-state index contributed by atoms with van der Waals surface area (Å²) in [6, 6.07) is 13.7. The molecule has 6 aromatic rings. The first-order chi connectivity index (χ1) is 31.6. The van der Waals surface area contributed by atoms with Crippen molar-refractivity contribution < 1.29 is 31.5 Å². The average molecular weight is 961 g/mol. The van der Waals surface area contributed by atoms with Gasteiger partial charge in [-0.1, -0.05) is 32.4 Å². The Bertz CT molecular complexity index is 3170. The largest absolute Gasteiger partial charge is 0.478 e. The first kappa shape index (κ1) is 50.1. The number of carbonyl (C=O) groups is 2. The zero-order valence-corrected chi connectivity index (χ0v) is 40.7. The highest BCUT2D eigenvalue weighted by Crippen LogP contribution is 2.34. The number of aromatic nitrogens is 6. The third kappa shape index (κ3) is 12.0. The Morgan fingerprint density at radius 3 is 1.69 bits per heavy atom. The molecule has 0 spiro atoms. The molecular formula is C46H60N10O9S2. The van der Waals surface area contributed by atoms with Crippen molar-refractivity contribution in [2.75, 3.05) is 35.0 Å². The van der Waals surface area contributed by atoms with Gasteiger partial charge in [-0.15, -0.1) is 0 Å². The molecule has 4 aromatic heterocycles. The van der Waals surface area contributed by atoms with Crippen molar-refractivity contribution in [2.24, 2.45) is 0 Å². The van der Waals surface area contributed by atoms with Crippen LogP contribution in [0.4, 0.5) is 11.4 Å². The minimum absolute atomic E-state index is 0.000408. The zero-order valence-electron chi connectivity index (χ0n) is 39.1. The van der Waals surface area contributed by atoms with Crippen LogP contribution >= 0.6 is 0 Å². The molecule has 0 saturated carbocycles. The molecule has 0 unspecified atom stereocenters. The van der Waals surface area contributed by atoms with Crippen LogP contribution in [0.15, 0.2) is 58.1 Å². The number of rotatable bonds is 10. The fraction of sp³-hybridized carbons (Fsp3) is 0.435. The fourth-order valence-corrected chi connectivity index (χ4v) is 9.30. The highest BCUT2D eigenvalue weighted by Gasteiger charge is 2.32. The highest BCUT2D eigenvalue weighted by molar-refractivity contribution is 7.92. The molecule has 0 aliphatic carbocycles. The van der Waals surface area contributed by atoms with E-state index in [4.69, 9.17) is 5.11 Å². The van der Waals surface area contributed by atoms with E-state index in [9.17, 15) is 36.0 Å². The summed E-state index contributed by atoms with van der Waals surface area (Å²) in [6.07, 6.45) is 9.55. The van der Waals surface area contributed by atoms with Crippen LogP contribution in [0.3, 0.4) is 0 Å². The third-order valence-corrected chi connectivity index (χ3v) is 13.2. The molecule has 6 heterocycles. The van der Waals surface area contributed by atoms with Gasteiger partial charge in [-0.05, 0) is 115 Å². The number of fused-ring (bicyclic) bond motifs is 2. The zero-order chi connectivity index (χ0) is 49.0. The topological polar surface area (TPSA) is 262 Å². The maximum atomic E-state index is 13.7. The molecule has 6 N–H and O–H groups in total. The summed E-state index contributed by atoms with van der Waals surface area (Å²) in [5.74, 6) is -1.39. The normalized spacial score (nSPS) is 16.4. The number of sulfonamides is 2. The Labute approximate surface area is 389 Å². The Morgan fingerprint density at radius 2 is 1.19 bits per heavy atom. The van der Waals surface area contributed by atoms with Gasteiger partial charge in [0.25, 0.3) is 17.0 Å². The van der Waals surface area contributed by atoms with E-state index in [0.717, 1.165) is 79.4 Å². The van der Waals surface area contributed by atoms with Gasteiger partial charge in [0, 0.05) is 47.2 Å². The molecule has 2 atom stereocenters. The van der Waals surface area contributed by atoms with E-state index in [0.29, 0.717) is 52.7 Å². The van der Waals surface area contributed by atoms with Crippen LogP contribution in [-0.4, -0.2) is 93.5 Å². The number of piperidine rings is 2. The van der Waals surface area contributed by atoms with Gasteiger partial charge < -0.3 is 15.3 Å². The minimum atomic E-state index is -3.55. The van der Waals surface area contributed by atoms with Crippen molar-refractivity contribution in [2.45, 2.75) is 105 Å². The second-order valence-corrected chi connectivity index (χ2v) is 20.6. The molecule has 2 fully saturated rings. The van der Waals surface area contributed by atoms with Crippen molar-refractivity contribution in [3.63, 3.8) is 0 Å². The number of carbonyl (C=O) groups excluding carboxylic acids is 1. The van der Waals surface area contributed by atoms with E-state index in [-0.39, 0.29) is 40.0 Å². The molecule has 0 bridgehead atoms. The van der Waals surface area contributed by atoms with Gasteiger partial charge in [0.15, 0.2) is 11.3 Å². The maximum Gasteiger partial charge on any atom is 0.337 e. The molecule has 1 amide bonds. The van der Waals surface area contributed by atoms with Crippen molar-refractivity contribution in [3.8, 4) is 0 Å². The van der Waals surface area contributed by atoms with Gasteiger partial charge >= 0.3 is 5.97 Å². The number of nitrogens with zero attached hydrogens (tertiary/aromatic N) is 5. The molecule has 19 nitrogen and oxygen atoms in total. The summed E-state index contributed by atoms with van der Waals surface area (Å²) >= 11 is 0. The van der Waals surface area contributed by atoms with Crippen molar-refractivity contribution in [3.05, 3.63) is 125 Å². The average Bonchev–Trinajstić information content (AvgIpc) is 3.92. The number of amides is 1. The van der Waals surface area contributed by atoms with Gasteiger partial charge in [0.1, 0.15) is 0 Å². The predicted octanol–water partition coefficient (Wildman–Crippen LogP) is 5.71. The van der Waals surface area contributed by atoms with Gasteiger partial charge in [-0.3, -0.25) is 34.0 Å². The van der Waals surface area contributed by atoms with Crippen LogP contribution < -0.4 is 25.9 Å². The quantitative estimate of drug-likeness (QED) is 0.0965. The molecule has 0 radical (unpaired) electrons. The van der Waals surface area contributed by atoms with Crippen molar-refractivity contribution in [1.29, 1.82) is 0 Å². The highest BCUT2D eigenvalue weighted by atomic mass is 32.2. The summed E-state index contributed by atoms with van der Waals surface area (Å²) in [5, 5.41) is 18.7. The number of benzene rings is 2. The summed E-state index contributed by atoms with van der Waals surface area (Å²) in [7, 11) is -7.02. The predicted molar refractivity (Wildman–Crippen MR) is 258 cm³/mol. The Kier molecular flexibility index (Phi) is 15.5. The molecule has 8 rings (SSSR count). The molecule has 2 aliphatic rings. The van der Waals surface area contributed by atoms with E-state index in [2.05, 4.69) is 34.9 Å². The van der Waals surface area contributed by atoms with Gasteiger partial charge in [0.05, 0.1) is 52.4 Å². The molecule has 67 heavy (non-hydrogen) atoms. The number of aromatic carboxylic acids is 1. The van der Waals surface area contributed by atoms with Gasteiger partial charge in [-0.25, -0.2) is 40.6 Å². The van der Waals surface area contributed by atoms with E-state index in [1.165, 1.54) is 29.5 Å². The molecule has 2 aliphatic heterocycles. The monoisotopic (exact) mass is 960 g/mol. The number of H-pyrrole nitrogens is 2. The van der Waals surface area contributed by atoms with Crippen LogP contribution in [0.25, 0.3) is 11.3 Å². The van der Waals surface area contributed by atoms with Crippen LogP contribution in [-0.2, 0) is 32.9 Å². The second-order valence-electron chi connectivity index (χ2n) is 17.1. The Hall–Kier alpha value is -6.32. The van der Waals surface area contributed by atoms with Gasteiger partial charge in [-0.2, -0.15) is 0 Å². The second kappa shape index (κ2) is 20.7. The number of anilines is 2. The number of likely N-dealkylation sites (tertiary alicyclic amines) is 1. The fourth-order valence-electron chi connectivity index (χ4n) is 8.15. The summed E-state index contributed by atoms with van der Waals surface area (Å²) < 4.78 is 53.5. The van der Waals surface area contributed by atoms with Crippen molar-refractivity contribution >= 4 is 54.6 Å². The first-order valence-electron chi connectivity index (χ1n) is 22.3. The summed E-state index contributed by atoms with van der Waals surface area (Å²) in [4.78, 5) is 60.2. The standard InChI is InChI=1S/C23H29N5O4S.C13H18N4O.C10H13NO4S/c1-5-16-9-10-18(26-33(4,31)32)17(12-16)23(30)27-11-7-6-8-20(27)19-13-21-24-15(3)14(2)22(29)28(21)25-19;1-8-9(2)15-12-7-11(16-17(12)13(8)18)10-5-3-4-6-14-10;1-3-7-4-5-9(11-16(2,14)15)8(6-7)10(12)13/h9-10,12-13,20,25-26H,5-8,11H2,1-4H3;7,10,14,16H,3-6H2,1-2H3;4-6,11H,3H2,1-2H3,(H,12,13)/t20-;10-;/m00./s1. The van der Waals surface area contributed by atoms with Gasteiger partial charge in [0.2, 0.25) is 20.0 Å². The van der Waals surface area contributed by atoms with Crippen LogP contribution in [0, 0.1) is 27.7 Å². The molecule has 2 aromatic carbocycles. The Balaban J connectivity index is 0.000000183. The van der Waals surface area contributed by atoms with E-state index >= 15 is 0 Å².